The molecule has 0 spiro atoms. The van der Waals surface area contributed by atoms with Crippen LogP contribution in [0.5, 0.6) is 0 Å². The van der Waals surface area contributed by atoms with Crippen molar-refractivity contribution < 1.29 is 24.2 Å². The molecule has 0 saturated carbocycles. The van der Waals surface area contributed by atoms with Crippen molar-refractivity contribution in [2.75, 3.05) is 18.5 Å². The second-order valence-corrected chi connectivity index (χ2v) is 11.7. The largest absolute Gasteiger partial charge is 0.444 e. The van der Waals surface area contributed by atoms with E-state index in [9.17, 15) is 19.5 Å². The predicted molar refractivity (Wildman–Crippen MR) is 173 cm³/mol. The van der Waals surface area contributed by atoms with Crippen LogP contribution in [0.15, 0.2) is 97.1 Å². The first-order valence-corrected chi connectivity index (χ1v) is 14.9. The molecule has 0 aliphatic heterocycles. The van der Waals surface area contributed by atoms with Gasteiger partial charge in [0.25, 0.3) is 5.91 Å². The summed E-state index contributed by atoms with van der Waals surface area (Å²) in [5.41, 5.74) is 2.27. The molecular formula is C36H41N3O5. The third-order valence-corrected chi connectivity index (χ3v) is 7.18. The minimum Gasteiger partial charge on any atom is -0.444 e. The van der Waals surface area contributed by atoms with E-state index >= 15 is 0 Å². The van der Waals surface area contributed by atoms with Gasteiger partial charge in [-0.2, -0.15) is 0 Å². The van der Waals surface area contributed by atoms with Gasteiger partial charge in [0.15, 0.2) is 0 Å². The molecule has 4 rings (SSSR count). The van der Waals surface area contributed by atoms with Crippen molar-refractivity contribution in [2.45, 2.75) is 58.2 Å². The Morgan fingerprint density at radius 3 is 2.14 bits per heavy atom. The number of benzene rings is 4. The van der Waals surface area contributed by atoms with Crippen LogP contribution in [0.25, 0.3) is 10.8 Å². The van der Waals surface area contributed by atoms with E-state index in [1.165, 1.54) is 4.90 Å². The highest BCUT2D eigenvalue weighted by Gasteiger charge is 2.36. The zero-order valence-electron chi connectivity index (χ0n) is 25.7. The lowest BCUT2D eigenvalue weighted by Gasteiger charge is -2.34. The topological polar surface area (TPSA) is 108 Å². The minimum absolute atomic E-state index is 0.133. The number of rotatable bonds is 11. The summed E-state index contributed by atoms with van der Waals surface area (Å²) in [6.07, 6.45) is 0.223. The van der Waals surface area contributed by atoms with Crippen LogP contribution in [0.4, 0.5) is 10.5 Å². The van der Waals surface area contributed by atoms with Crippen molar-refractivity contribution in [3.8, 4) is 0 Å². The normalized spacial score (nSPS) is 12.7. The van der Waals surface area contributed by atoms with Crippen LogP contribution in [0, 0.1) is 0 Å². The molecule has 8 heteroatoms. The van der Waals surface area contributed by atoms with Gasteiger partial charge >= 0.3 is 6.09 Å². The fraction of sp³-hybridized carbons (Fsp3) is 0.306. The molecule has 230 valence electrons. The lowest BCUT2D eigenvalue weighted by Crippen LogP contribution is -2.53. The second-order valence-electron chi connectivity index (χ2n) is 11.7. The standard InChI is InChI=1S/C36H41N3O5/c1-5-25-15-17-28(18-16-25)32(33(41)37-30-20-19-27-13-9-10-14-29(27)24-30)39(21-22-40)34(42)31(23-26-11-7-6-8-12-26)38-35(43)44-36(2,3)4/h6-20,24,31-32,40H,5,21-23H2,1-4H3,(H,37,41)(H,38,43). The summed E-state index contributed by atoms with van der Waals surface area (Å²) in [4.78, 5) is 42.7. The number of carbonyl (C=O) groups is 3. The first kappa shape index (κ1) is 32.2. The summed E-state index contributed by atoms with van der Waals surface area (Å²) in [5, 5.41) is 17.8. The molecule has 0 heterocycles. The number of nitrogens with one attached hydrogen (secondary N) is 2. The van der Waals surface area contributed by atoms with Gasteiger partial charge in [0.1, 0.15) is 17.7 Å². The molecule has 0 fully saturated rings. The van der Waals surface area contributed by atoms with E-state index in [-0.39, 0.29) is 19.6 Å². The van der Waals surface area contributed by atoms with Crippen LogP contribution >= 0.6 is 0 Å². The minimum atomic E-state index is -1.09. The number of hydrogen-bond donors (Lipinski definition) is 3. The average Bonchev–Trinajstić information content (AvgIpc) is 3.00. The lowest BCUT2D eigenvalue weighted by atomic mass is 9.99. The van der Waals surface area contributed by atoms with E-state index in [1.807, 2.05) is 104 Å². The Balaban J connectivity index is 1.72. The number of carbonyl (C=O) groups excluding carboxylic acids is 3. The van der Waals surface area contributed by atoms with E-state index in [1.54, 1.807) is 20.8 Å². The smallest absolute Gasteiger partial charge is 0.408 e. The average molecular weight is 596 g/mol. The number of aryl methyl sites for hydroxylation is 1. The summed E-state index contributed by atoms with van der Waals surface area (Å²) >= 11 is 0. The molecule has 0 aliphatic rings. The number of alkyl carbamates (subject to hydrolysis) is 1. The predicted octanol–water partition coefficient (Wildman–Crippen LogP) is 6.04. The van der Waals surface area contributed by atoms with Gasteiger partial charge in [-0.3, -0.25) is 9.59 Å². The third-order valence-electron chi connectivity index (χ3n) is 7.18. The Morgan fingerprint density at radius 1 is 0.841 bits per heavy atom. The molecule has 0 aromatic heterocycles. The van der Waals surface area contributed by atoms with Crippen molar-refractivity contribution in [1.82, 2.24) is 10.2 Å². The van der Waals surface area contributed by atoms with Crippen molar-refractivity contribution in [2.24, 2.45) is 0 Å². The maximum atomic E-state index is 14.4. The van der Waals surface area contributed by atoms with Crippen molar-refractivity contribution in [1.29, 1.82) is 0 Å². The third kappa shape index (κ3) is 8.67. The molecule has 3 N–H and O–H groups in total. The van der Waals surface area contributed by atoms with Gasteiger partial charge in [0.05, 0.1) is 6.61 Å². The lowest BCUT2D eigenvalue weighted by molar-refractivity contribution is -0.141. The number of nitrogens with zero attached hydrogens (tertiary/aromatic N) is 1. The highest BCUT2D eigenvalue weighted by molar-refractivity contribution is 6.00. The Bertz CT molecular complexity index is 1560. The van der Waals surface area contributed by atoms with Crippen molar-refractivity contribution in [3.63, 3.8) is 0 Å². The van der Waals surface area contributed by atoms with Gasteiger partial charge in [-0.05, 0) is 66.8 Å². The molecular weight excluding hydrogens is 554 g/mol. The summed E-state index contributed by atoms with van der Waals surface area (Å²) < 4.78 is 5.48. The molecule has 0 saturated heterocycles. The molecule has 2 atom stereocenters. The summed E-state index contributed by atoms with van der Waals surface area (Å²) in [7, 11) is 0. The molecule has 3 amide bonds. The molecule has 4 aromatic rings. The number of aliphatic hydroxyl groups excluding tert-OH is 1. The van der Waals surface area contributed by atoms with Crippen LogP contribution < -0.4 is 10.6 Å². The van der Waals surface area contributed by atoms with Gasteiger partial charge in [0, 0.05) is 18.7 Å². The molecule has 4 aromatic carbocycles. The highest BCUT2D eigenvalue weighted by atomic mass is 16.6. The van der Waals surface area contributed by atoms with E-state index in [4.69, 9.17) is 4.74 Å². The van der Waals surface area contributed by atoms with E-state index < -0.39 is 35.6 Å². The van der Waals surface area contributed by atoms with Gasteiger partial charge < -0.3 is 25.4 Å². The quantitative estimate of drug-likeness (QED) is 0.196. The number of hydrogen-bond acceptors (Lipinski definition) is 5. The van der Waals surface area contributed by atoms with Crippen molar-refractivity contribution in [3.05, 3.63) is 114 Å². The Kier molecular flexibility index (Phi) is 10.7. The fourth-order valence-corrected chi connectivity index (χ4v) is 5.06. The van der Waals surface area contributed by atoms with Crippen molar-refractivity contribution >= 4 is 34.4 Å². The number of amides is 3. The molecule has 44 heavy (non-hydrogen) atoms. The zero-order chi connectivity index (χ0) is 31.7. The van der Waals surface area contributed by atoms with Crippen LogP contribution in [0.3, 0.4) is 0 Å². The van der Waals surface area contributed by atoms with Gasteiger partial charge in [-0.25, -0.2) is 4.79 Å². The SMILES string of the molecule is CCc1ccc(C(C(=O)Nc2ccc3ccccc3c2)N(CCO)C(=O)C(Cc2ccccc2)NC(=O)OC(C)(C)C)cc1. The highest BCUT2D eigenvalue weighted by Crippen LogP contribution is 2.27. The molecule has 0 aliphatic carbocycles. The number of aliphatic hydroxyl groups is 1. The van der Waals surface area contributed by atoms with Crippen LogP contribution in [-0.4, -0.2) is 52.7 Å². The van der Waals surface area contributed by atoms with Gasteiger partial charge in [-0.15, -0.1) is 0 Å². The Labute approximate surface area is 259 Å². The maximum Gasteiger partial charge on any atom is 0.408 e. The number of ether oxygens (including phenoxy) is 1. The first-order chi connectivity index (χ1) is 21.1. The van der Waals surface area contributed by atoms with E-state index in [2.05, 4.69) is 10.6 Å². The first-order valence-electron chi connectivity index (χ1n) is 14.9. The van der Waals surface area contributed by atoms with E-state index in [0.717, 1.165) is 28.3 Å². The molecule has 0 radical (unpaired) electrons. The van der Waals surface area contributed by atoms with Gasteiger partial charge in [0.2, 0.25) is 5.91 Å². The zero-order valence-corrected chi connectivity index (χ0v) is 25.7. The maximum absolute atomic E-state index is 14.4. The summed E-state index contributed by atoms with van der Waals surface area (Å²) in [6, 6.07) is 28.1. The monoisotopic (exact) mass is 595 g/mol. The summed E-state index contributed by atoms with van der Waals surface area (Å²) in [6.45, 7) is 6.74. The fourth-order valence-electron chi connectivity index (χ4n) is 5.06. The van der Waals surface area contributed by atoms with E-state index in [0.29, 0.717) is 11.3 Å². The van der Waals surface area contributed by atoms with Crippen LogP contribution in [0.2, 0.25) is 0 Å². The number of anilines is 1. The molecule has 2 unspecified atom stereocenters. The van der Waals surface area contributed by atoms with Crippen LogP contribution in [0.1, 0.15) is 50.4 Å². The molecule has 0 bridgehead atoms. The Hall–Kier alpha value is -4.69. The van der Waals surface area contributed by atoms with Gasteiger partial charge in [-0.1, -0.05) is 91.9 Å². The van der Waals surface area contributed by atoms with Crippen LogP contribution in [-0.2, 0) is 27.2 Å². The Morgan fingerprint density at radius 2 is 1.50 bits per heavy atom. The molecule has 8 nitrogen and oxygen atoms in total. The summed E-state index contributed by atoms with van der Waals surface area (Å²) in [5.74, 6) is -0.964. The number of fused-ring (bicyclic) bond motifs is 1. The second kappa shape index (κ2) is 14.7.